The maximum atomic E-state index is 4.31. The van der Waals surface area contributed by atoms with Crippen LogP contribution in [0.1, 0.15) is 30.9 Å². The molecule has 6 nitrogen and oxygen atoms in total. The third-order valence-electron chi connectivity index (χ3n) is 2.79. The molecule has 2 aromatic heterocycles. The van der Waals surface area contributed by atoms with E-state index in [1.807, 2.05) is 13.1 Å². The molecule has 0 amide bonds. The zero-order valence-electron chi connectivity index (χ0n) is 10.7. The van der Waals surface area contributed by atoms with Gasteiger partial charge in [-0.3, -0.25) is 4.68 Å². The Morgan fingerprint density at radius 3 is 2.83 bits per heavy atom. The minimum atomic E-state index is 0.149. The van der Waals surface area contributed by atoms with E-state index < -0.39 is 0 Å². The highest BCUT2D eigenvalue weighted by Crippen LogP contribution is 2.14. The van der Waals surface area contributed by atoms with E-state index in [9.17, 15) is 0 Å². The molecule has 0 fully saturated rings. The quantitative estimate of drug-likeness (QED) is 0.819. The van der Waals surface area contributed by atoms with Crippen LogP contribution in [0.3, 0.4) is 0 Å². The van der Waals surface area contributed by atoms with Crippen LogP contribution in [-0.2, 0) is 13.5 Å². The van der Waals surface area contributed by atoms with Crippen LogP contribution >= 0.6 is 0 Å². The second-order valence-corrected chi connectivity index (χ2v) is 4.14. The van der Waals surface area contributed by atoms with Crippen molar-refractivity contribution in [1.82, 2.24) is 30.0 Å². The largest absolute Gasteiger partial charge is 0.308 e. The molecule has 1 unspecified atom stereocenters. The van der Waals surface area contributed by atoms with Crippen LogP contribution < -0.4 is 5.32 Å². The minimum absolute atomic E-state index is 0.149. The van der Waals surface area contributed by atoms with Crippen LogP contribution in [0.5, 0.6) is 0 Å². The van der Waals surface area contributed by atoms with Crippen LogP contribution in [0.2, 0.25) is 0 Å². The minimum Gasteiger partial charge on any atom is -0.308 e. The van der Waals surface area contributed by atoms with Crippen LogP contribution in [-0.4, -0.2) is 31.3 Å². The molecule has 0 saturated carbocycles. The highest BCUT2D eigenvalue weighted by molar-refractivity contribution is 5.07. The van der Waals surface area contributed by atoms with E-state index in [-0.39, 0.29) is 6.04 Å². The Morgan fingerprint density at radius 2 is 2.22 bits per heavy atom. The number of aryl methyl sites for hydroxylation is 1. The first-order chi connectivity index (χ1) is 8.81. The predicted octanol–water partition coefficient (Wildman–Crippen LogP) is 0.888. The van der Waals surface area contributed by atoms with E-state index in [0.29, 0.717) is 0 Å². The van der Waals surface area contributed by atoms with Gasteiger partial charge in [-0.05, 0) is 19.0 Å². The summed E-state index contributed by atoms with van der Waals surface area (Å²) in [4.78, 5) is 12.5. The Bertz CT molecular complexity index is 466. The standard InChI is InChI=1S/C12H18N6/c1-3-5-14-11(10-4-6-13-8-15-10)7-12-16-9-17-18(12)2/h4,6,8-9,11,14H,3,5,7H2,1-2H3. The summed E-state index contributed by atoms with van der Waals surface area (Å²) in [5.74, 6) is 0.946. The zero-order chi connectivity index (χ0) is 12.8. The third kappa shape index (κ3) is 3.10. The monoisotopic (exact) mass is 246 g/mol. The summed E-state index contributed by atoms with van der Waals surface area (Å²) in [5.41, 5.74) is 0.987. The number of nitrogens with one attached hydrogen (secondary N) is 1. The Morgan fingerprint density at radius 1 is 1.33 bits per heavy atom. The van der Waals surface area contributed by atoms with Crippen LogP contribution in [0, 0.1) is 0 Å². The second kappa shape index (κ2) is 6.20. The first-order valence-electron chi connectivity index (χ1n) is 6.13. The molecule has 2 aromatic rings. The van der Waals surface area contributed by atoms with Crippen molar-refractivity contribution >= 4 is 0 Å². The lowest BCUT2D eigenvalue weighted by Crippen LogP contribution is -2.26. The highest BCUT2D eigenvalue weighted by atomic mass is 15.3. The summed E-state index contributed by atoms with van der Waals surface area (Å²) in [7, 11) is 1.90. The van der Waals surface area contributed by atoms with Crippen molar-refractivity contribution in [2.24, 2.45) is 7.05 Å². The van der Waals surface area contributed by atoms with Crippen molar-refractivity contribution in [3.8, 4) is 0 Å². The topological polar surface area (TPSA) is 68.5 Å². The average Bonchev–Trinajstić information content (AvgIpc) is 2.81. The maximum Gasteiger partial charge on any atom is 0.138 e. The van der Waals surface area contributed by atoms with E-state index in [1.165, 1.54) is 0 Å². The molecule has 1 N–H and O–H groups in total. The molecule has 0 radical (unpaired) electrons. The molecule has 1 atom stereocenters. The fourth-order valence-corrected chi connectivity index (χ4v) is 1.79. The number of hydrogen-bond acceptors (Lipinski definition) is 5. The smallest absolute Gasteiger partial charge is 0.138 e. The zero-order valence-corrected chi connectivity index (χ0v) is 10.7. The number of rotatable bonds is 6. The molecule has 6 heteroatoms. The van der Waals surface area contributed by atoms with E-state index in [0.717, 1.165) is 30.9 Å². The van der Waals surface area contributed by atoms with E-state index >= 15 is 0 Å². The van der Waals surface area contributed by atoms with E-state index in [2.05, 4.69) is 32.3 Å². The van der Waals surface area contributed by atoms with Crippen LogP contribution in [0.25, 0.3) is 0 Å². The molecule has 0 saturated heterocycles. The molecule has 0 spiro atoms. The number of aromatic nitrogens is 5. The van der Waals surface area contributed by atoms with Gasteiger partial charge in [0.1, 0.15) is 18.5 Å². The number of hydrogen-bond donors (Lipinski definition) is 1. The summed E-state index contributed by atoms with van der Waals surface area (Å²) >= 11 is 0. The number of nitrogens with zero attached hydrogens (tertiary/aromatic N) is 5. The van der Waals surface area contributed by atoms with Crippen LogP contribution in [0.15, 0.2) is 24.9 Å². The van der Waals surface area contributed by atoms with E-state index in [4.69, 9.17) is 0 Å². The Balaban J connectivity index is 2.13. The molecule has 0 aliphatic heterocycles. The van der Waals surface area contributed by atoms with Gasteiger partial charge in [0.05, 0.1) is 11.7 Å². The van der Waals surface area contributed by atoms with Gasteiger partial charge in [0, 0.05) is 19.7 Å². The van der Waals surface area contributed by atoms with Crippen LogP contribution in [0.4, 0.5) is 0 Å². The lowest BCUT2D eigenvalue weighted by molar-refractivity contribution is 0.496. The van der Waals surface area contributed by atoms with Gasteiger partial charge >= 0.3 is 0 Å². The molecule has 18 heavy (non-hydrogen) atoms. The summed E-state index contributed by atoms with van der Waals surface area (Å²) < 4.78 is 1.79. The van der Waals surface area contributed by atoms with Crippen molar-refractivity contribution in [2.45, 2.75) is 25.8 Å². The van der Waals surface area contributed by atoms with Crippen molar-refractivity contribution in [3.63, 3.8) is 0 Å². The molecular weight excluding hydrogens is 228 g/mol. The van der Waals surface area contributed by atoms with Gasteiger partial charge in [-0.15, -0.1) is 0 Å². The first-order valence-corrected chi connectivity index (χ1v) is 6.13. The summed E-state index contributed by atoms with van der Waals surface area (Å²) in [6.07, 6.45) is 6.77. The van der Waals surface area contributed by atoms with Crippen molar-refractivity contribution in [2.75, 3.05) is 6.54 Å². The van der Waals surface area contributed by atoms with Crippen molar-refractivity contribution in [1.29, 1.82) is 0 Å². The predicted molar refractivity (Wildman–Crippen MR) is 67.8 cm³/mol. The Hall–Kier alpha value is -1.82. The molecule has 0 aliphatic rings. The molecule has 0 aliphatic carbocycles. The summed E-state index contributed by atoms with van der Waals surface area (Å²) in [5, 5.41) is 7.57. The fraction of sp³-hybridized carbons (Fsp3) is 0.500. The van der Waals surface area contributed by atoms with Gasteiger partial charge < -0.3 is 5.32 Å². The third-order valence-corrected chi connectivity index (χ3v) is 2.79. The average molecular weight is 246 g/mol. The maximum absolute atomic E-state index is 4.31. The highest BCUT2D eigenvalue weighted by Gasteiger charge is 2.15. The Labute approximate surface area is 106 Å². The SMILES string of the molecule is CCCNC(Cc1ncnn1C)c1ccncn1. The fourth-order valence-electron chi connectivity index (χ4n) is 1.79. The normalized spacial score (nSPS) is 12.6. The van der Waals surface area contributed by atoms with Gasteiger partial charge in [-0.25, -0.2) is 15.0 Å². The molecular formula is C12H18N6. The summed E-state index contributed by atoms with van der Waals surface area (Å²) in [6, 6.07) is 2.08. The van der Waals surface area contributed by atoms with E-state index in [1.54, 1.807) is 23.5 Å². The molecule has 96 valence electrons. The van der Waals surface area contributed by atoms with Gasteiger partial charge in [-0.1, -0.05) is 6.92 Å². The van der Waals surface area contributed by atoms with Gasteiger partial charge in [0.15, 0.2) is 0 Å². The van der Waals surface area contributed by atoms with Gasteiger partial charge in [-0.2, -0.15) is 5.10 Å². The van der Waals surface area contributed by atoms with Crippen molar-refractivity contribution < 1.29 is 0 Å². The van der Waals surface area contributed by atoms with Gasteiger partial charge in [0.25, 0.3) is 0 Å². The molecule has 2 heterocycles. The lowest BCUT2D eigenvalue weighted by atomic mass is 10.1. The summed E-state index contributed by atoms with van der Waals surface area (Å²) in [6.45, 7) is 3.10. The molecule has 0 aromatic carbocycles. The van der Waals surface area contributed by atoms with Gasteiger partial charge in [0.2, 0.25) is 0 Å². The molecule has 2 rings (SSSR count). The first kappa shape index (κ1) is 12.6. The van der Waals surface area contributed by atoms with Crippen molar-refractivity contribution in [3.05, 3.63) is 36.4 Å². The second-order valence-electron chi connectivity index (χ2n) is 4.14. The Kier molecular flexibility index (Phi) is 4.35. The molecule has 0 bridgehead atoms. The lowest BCUT2D eigenvalue weighted by Gasteiger charge is -2.17.